The molecule has 0 radical (unpaired) electrons. The van der Waals surface area contributed by atoms with E-state index in [1.807, 2.05) is 4.90 Å². The van der Waals surface area contributed by atoms with Crippen molar-refractivity contribution in [2.45, 2.75) is 33.1 Å². The van der Waals surface area contributed by atoms with Crippen LogP contribution in [-0.2, 0) is 0 Å². The molecule has 16 heavy (non-hydrogen) atoms. The van der Waals surface area contributed by atoms with Crippen molar-refractivity contribution in [3.05, 3.63) is 17.5 Å². The summed E-state index contributed by atoms with van der Waals surface area (Å²) in [5.41, 5.74) is 0.437. The Morgan fingerprint density at radius 3 is 3.00 bits per heavy atom. The van der Waals surface area contributed by atoms with Gasteiger partial charge in [-0.15, -0.1) is 0 Å². The lowest BCUT2D eigenvalue weighted by Gasteiger charge is -2.18. The van der Waals surface area contributed by atoms with E-state index in [0.717, 1.165) is 31.8 Å². The zero-order valence-electron chi connectivity index (χ0n) is 9.90. The second-order valence-electron chi connectivity index (χ2n) is 4.65. The van der Waals surface area contributed by atoms with E-state index in [0.29, 0.717) is 11.5 Å². The molecule has 1 atom stereocenters. The first-order valence-corrected chi connectivity index (χ1v) is 5.89. The van der Waals surface area contributed by atoms with Crippen LogP contribution in [0.2, 0.25) is 0 Å². The average molecular weight is 222 g/mol. The number of amides is 1. The Hall–Kier alpha value is -1.32. The molecule has 2 heterocycles. The molecule has 0 bridgehead atoms. The highest BCUT2D eigenvalue weighted by Crippen LogP contribution is 2.18. The lowest BCUT2D eigenvalue weighted by molar-refractivity contribution is 0.0750. The molecule has 1 aromatic heterocycles. The Bertz CT molecular complexity index is 373. The van der Waals surface area contributed by atoms with Crippen LogP contribution in [0.25, 0.3) is 0 Å². The third kappa shape index (κ3) is 2.43. The molecule has 1 unspecified atom stereocenters. The van der Waals surface area contributed by atoms with Gasteiger partial charge in [-0.1, -0.05) is 12.1 Å². The third-order valence-corrected chi connectivity index (χ3v) is 3.15. The Labute approximate surface area is 95.6 Å². The maximum atomic E-state index is 12.1. The van der Waals surface area contributed by atoms with Crippen molar-refractivity contribution in [1.82, 2.24) is 10.1 Å². The zero-order valence-corrected chi connectivity index (χ0v) is 9.90. The molecular weight excluding hydrogens is 204 g/mol. The highest BCUT2D eigenvalue weighted by atomic mass is 16.5. The number of nitrogens with zero attached hydrogens (tertiary/aromatic N) is 2. The fourth-order valence-electron chi connectivity index (χ4n) is 2.10. The van der Waals surface area contributed by atoms with Gasteiger partial charge in [-0.2, -0.15) is 0 Å². The Balaban J connectivity index is 2.04. The molecule has 1 aliphatic heterocycles. The molecule has 1 amide bonds. The molecule has 0 spiro atoms. The topological polar surface area (TPSA) is 46.3 Å². The molecule has 2 rings (SSSR count). The SMILES string of the molecule is Cc1cc(C(=O)N2CCCC(C)CC2)no1. The number of likely N-dealkylation sites (tertiary alicyclic amines) is 1. The number of aromatic nitrogens is 1. The summed E-state index contributed by atoms with van der Waals surface area (Å²) in [6, 6.07) is 1.71. The second-order valence-corrected chi connectivity index (χ2v) is 4.65. The quantitative estimate of drug-likeness (QED) is 0.732. The highest BCUT2D eigenvalue weighted by molar-refractivity contribution is 5.92. The van der Waals surface area contributed by atoms with Crippen LogP contribution in [0.5, 0.6) is 0 Å². The summed E-state index contributed by atoms with van der Waals surface area (Å²) in [6.07, 6.45) is 3.38. The van der Waals surface area contributed by atoms with Crippen molar-refractivity contribution in [1.29, 1.82) is 0 Å². The van der Waals surface area contributed by atoms with Crippen molar-refractivity contribution in [2.24, 2.45) is 5.92 Å². The Morgan fingerprint density at radius 2 is 2.31 bits per heavy atom. The van der Waals surface area contributed by atoms with Gasteiger partial charge in [0.1, 0.15) is 5.76 Å². The largest absolute Gasteiger partial charge is 0.361 e. The summed E-state index contributed by atoms with van der Waals surface area (Å²) >= 11 is 0. The number of carbonyl (C=O) groups excluding carboxylic acids is 1. The van der Waals surface area contributed by atoms with E-state index in [-0.39, 0.29) is 5.91 Å². The van der Waals surface area contributed by atoms with Gasteiger partial charge in [0.05, 0.1) is 0 Å². The first-order valence-electron chi connectivity index (χ1n) is 5.89. The first kappa shape index (κ1) is 11.2. The summed E-state index contributed by atoms with van der Waals surface area (Å²) in [5, 5.41) is 3.77. The summed E-state index contributed by atoms with van der Waals surface area (Å²) < 4.78 is 4.93. The molecule has 0 aliphatic carbocycles. The van der Waals surface area contributed by atoms with Crippen LogP contribution in [0.3, 0.4) is 0 Å². The molecular formula is C12H18N2O2. The van der Waals surface area contributed by atoms with E-state index in [9.17, 15) is 4.79 Å². The third-order valence-electron chi connectivity index (χ3n) is 3.15. The van der Waals surface area contributed by atoms with E-state index in [1.54, 1.807) is 13.0 Å². The molecule has 0 aromatic carbocycles. The molecule has 1 aromatic rings. The molecule has 1 aliphatic rings. The summed E-state index contributed by atoms with van der Waals surface area (Å²) in [6.45, 7) is 5.73. The number of hydrogen-bond acceptors (Lipinski definition) is 3. The molecule has 0 N–H and O–H groups in total. The van der Waals surface area contributed by atoms with Gasteiger partial charge >= 0.3 is 0 Å². The predicted molar refractivity (Wildman–Crippen MR) is 60.2 cm³/mol. The van der Waals surface area contributed by atoms with Gasteiger partial charge in [0.15, 0.2) is 5.69 Å². The number of carbonyl (C=O) groups is 1. The monoisotopic (exact) mass is 222 g/mol. The van der Waals surface area contributed by atoms with Gasteiger partial charge in [-0.25, -0.2) is 0 Å². The van der Waals surface area contributed by atoms with Gasteiger partial charge in [-0.05, 0) is 32.1 Å². The van der Waals surface area contributed by atoms with Crippen LogP contribution in [-0.4, -0.2) is 29.1 Å². The summed E-state index contributed by atoms with van der Waals surface area (Å²) in [7, 11) is 0. The fourth-order valence-corrected chi connectivity index (χ4v) is 2.10. The molecule has 1 saturated heterocycles. The lowest BCUT2D eigenvalue weighted by atomic mass is 10.0. The maximum Gasteiger partial charge on any atom is 0.276 e. The lowest BCUT2D eigenvalue weighted by Crippen LogP contribution is -2.32. The van der Waals surface area contributed by atoms with Crippen molar-refractivity contribution >= 4 is 5.91 Å². The van der Waals surface area contributed by atoms with Crippen LogP contribution in [0.15, 0.2) is 10.6 Å². The minimum absolute atomic E-state index is 0.00551. The van der Waals surface area contributed by atoms with E-state index >= 15 is 0 Å². The highest BCUT2D eigenvalue weighted by Gasteiger charge is 2.21. The van der Waals surface area contributed by atoms with Crippen LogP contribution < -0.4 is 0 Å². The van der Waals surface area contributed by atoms with Crippen LogP contribution in [0.4, 0.5) is 0 Å². The Kier molecular flexibility index (Phi) is 3.27. The van der Waals surface area contributed by atoms with Gasteiger partial charge in [-0.3, -0.25) is 4.79 Å². The maximum absolute atomic E-state index is 12.1. The van der Waals surface area contributed by atoms with Crippen molar-refractivity contribution in [2.75, 3.05) is 13.1 Å². The van der Waals surface area contributed by atoms with Gasteiger partial charge < -0.3 is 9.42 Å². The molecule has 1 fully saturated rings. The Morgan fingerprint density at radius 1 is 1.50 bits per heavy atom. The standard InChI is InChI=1S/C12H18N2O2/c1-9-4-3-6-14(7-5-9)12(15)11-8-10(2)16-13-11/h8-9H,3-7H2,1-2H3. The van der Waals surface area contributed by atoms with Crippen molar-refractivity contribution in [3.8, 4) is 0 Å². The van der Waals surface area contributed by atoms with E-state index in [2.05, 4.69) is 12.1 Å². The van der Waals surface area contributed by atoms with E-state index < -0.39 is 0 Å². The summed E-state index contributed by atoms with van der Waals surface area (Å²) in [5.74, 6) is 1.41. The van der Waals surface area contributed by atoms with Crippen molar-refractivity contribution in [3.63, 3.8) is 0 Å². The minimum atomic E-state index is 0.00551. The van der Waals surface area contributed by atoms with Gasteiger partial charge in [0, 0.05) is 19.2 Å². The smallest absolute Gasteiger partial charge is 0.276 e. The van der Waals surface area contributed by atoms with Gasteiger partial charge in [0.2, 0.25) is 0 Å². The molecule has 4 nitrogen and oxygen atoms in total. The van der Waals surface area contributed by atoms with E-state index in [1.165, 1.54) is 6.42 Å². The second kappa shape index (κ2) is 4.68. The molecule has 4 heteroatoms. The molecule has 0 saturated carbocycles. The molecule has 88 valence electrons. The number of aryl methyl sites for hydroxylation is 1. The van der Waals surface area contributed by atoms with Crippen LogP contribution in [0, 0.1) is 12.8 Å². The first-order chi connectivity index (χ1) is 7.66. The number of hydrogen-bond donors (Lipinski definition) is 0. The number of rotatable bonds is 1. The normalized spacial score (nSPS) is 21.9. The van der Waals surface area contributed by atoms with E-state index in [4.69, 9.17) is 4.52 Å². The summed E-state index contributed by atoms with van der Waals surface area (Å²) in [4.78, 5) is 14.0. The average Bonchev–Trinajstić information content (AvgIpc) is 2.57. The van der Waals surface area contributed by atoms with Gasteiger partial charge in [0.25, 0.3) is 5.91 Å². The van der Waals surface area contributed by atoms with Crippen molar-refractivity contribution < 1.29 is 9.32 Å². The fraction of sp³-hybridized carbons (Fsp3) is 0.667. The zero-order chi connectivity index (χ0) is 11.5. The predicted octanol–water partition coefficient (Wildman–Crippen LogP) is 2.25. The minimum Gasteiger partial charge on any atom is -0.361 e. The van der Waals surface area contributed by atoms with Crippen LogP contribution >= 0.6 is 0 Å². The van der Waals surface area contributed by atoms with Crippen LogP contribution in [0.1, 0.15) is 42.4 Å².